The van der Waals surface area contributed by atoms with Crippen LogP contribution in [0.4, 0.5) is 0 Å². The molecule has 0 aliphatic heterocycles. The van der Waals surface area contributed by atoms with E-state index in [1.54, 1.807) is 0 Å². The summed E-state index contributed by atoms with van der Waals surface area (Å²) in [5.74, 6) is 0. The Morgan fingerprint density at radius 1 is 0.333 bits per heavy atom. The predicted octanol–water partition coefficient (Wildman–Crippen LogP) is 12.2. The zero-order valence-electron chi connectivity index (χ0n) is 29.0. The zero-order valence-corrected chi connectivity index (χ0v) is 29.0. The number of rotatable bonds is 4. The molecule has 11 rings (SSSR count). The Hall–Kier alpha value is -7.37. The molecule has 5 heterocycles. The Labute approximate surface area is 310 Å². The third-order valence-electron chi connectivity index (χ3n) is 10.5. The van der Waals surface area contributed by atoms with Gasteiger partial charge in [-0.15, -0.1) is 0 Å². The molecule has 54 heavy (non-hydrogen) atoms. The lowest BCUT2D eigenvalue weighted by atomic mass is 9.99. The Morgan fingerprint density at radius 3 is 1.63 bits per heavy atom. The molecule has 0 fully saturated rings. The second-order valence-electron chi connectivity index (χ2n) is 13.8. The van der Waals surface area contributed by atoms with E-state index in [0.29, 0.717) is 0 Å². The van der Waals surface area contributed by atoms with Crippen molar-refractivity contribution in [3.63, 3.8) is 0 Å². The number of nitrogens with zero attached hydrogens (tertiary/aromatic N) is 5. The Bertz CT molecular complexity index is 3290. The summed E-state index contributed by atoms with van der Waals surface area (Å²) < 4.78 is 0. The van der Waals surface area contributed by atoms with Crippen molar-refractivity contribution in [2.24, 2.45) is 0 Å². The summed E-state index contributed by atoms with van der Waals surface area (Å²) in [5, 5.41) is 8.95. The molecule has 5 heteroatoms. The average Bonchev–Trinajstić information content (AvgIpc) is 3.24. The van der Waals surface area contributed by atoms with Crippen LogP contribution in [0.1, 0.15) is 0 Å². The molecule has 0 aliphatic rings. The number of hydrogen-bond acceptors (Lipinski definition) is 5. The molecular weight excluding hydrogens is 659 g/mol. The van der Waals surface area contributed by atoms with Crippen LogP contribution in [0.15, 0.2) is 176 Å². The van der Waals surface area contributed by atoms with E-state index in [-0.39, 0.29) is 0 Å². The van der Waals surface area contributed by atoms with E-state index in [0.717, 1.165) is 110 Å². The minimum atomic E-state index is 0.924. The second-order valence-corrected chi connectivity index (χ2v) is 13.8. The van der Waals surface area contributed by atoms with Crippen molar-refractivity contribution >= 4 is 65.2 Å². The Kier molecular flexibility index (Phi) is 6.79. The van der Waals surface area contributed by atoms with Crippen molar-refractivity contribution in [1.82, 2.24) is 24.9 Å². The number of benzene rings is 6. The fourth-order valence-corrected chi connectivity index (χ4v) is 7.70. The highest BCUT2D eigenvalue weighted by Gasteiger charge is 2.11. The van der Waals surface area contributed by atoms with Gasteiger partial charge in [-0.25, -0.2) is 15.0 Å². The molecule has 0 amide bonds. The van der Waals surface area contributed by atoms with Crippen LogP contribution in [0.5, 0.6) is 0 Å². The molecule has 0 spiro atoms. The fraction of sp³-hybridized carbons (Fsp3) is 0. The standard InChI is InChI=1S/C49H29N5/c1-3-40-29-50-24-22-41(40)42(5-1)45-21-17-31-7-11-37(28-47(31)53-45)36-10-6-30-16-19-43(52-46(30)27-36)38-14-12-35-26-39(15-13-34(35)25-38)44-20-18-33-9-8-32-4-2-23-51-48(32)49(33)54-44/h1-29H. The maximum Gasteiger partial charge on any atom is 0.0972 e. The van der Waals surface area contributed by atoms with E-state index in [1.165, 1.54) is 0 Å². The Morgan fingerprint density at radius 2 is 0.889 bits per heavy atom. The first-order chi connectivity index (χ1) is 26.7. The molecule has 0 bridgehead atoms. The lowest BCUT2D eigenvalue weighted by molar-refractivity contribution is 1.36. The van der Waals surface area contributed by atoms with Crippen LogP contribution in [-0.2, 0) is 0 Å². The molecule has 0 unspecified atom stereocenters. The van der Waals surface area contributed by atoms with Crippen LogP contribution in [0, 0.1) is 0 Å². The largest absolute Gasteiger partial charge is 0.264 e. The van der Waals surface area contributed by atoms with Gasteiger partial charge in [0.15, 0.2) is 0 Å². The van der Waals surface area contributed by atoms with Crippen molar-refractivity contribution in [3.05, 3.63) is 176 Å². The normalized spacial score (nSPS) is 11.7. The smallest absolute Gasteiger partial charge is 0.0972 e. The van der Waals surface area contributed by atoms with E-state index in [1.807, 2.05) is 24.7 Å². The first-order valence-corrected chi connectivity index (χ1v) is 18.0. The first kappa shape index (κ1) is 30.3. The van der Waals surface area contributed by atoms with Gasteiger partial charge in [-0.1, -0.05) is 103 Å². The maximum absolute atomic E-state index is 5.17. The summed E-state index contributed by atoms with van der Waals surface area (Å²) in [6.45, 7) is 0. The third-order valence-corrected chi connectivity index (χ3v) is 10.5. The van der Waals surface area contributed by atoms with Gasteiger partial charge in [-0.05, 0) is 81.9 Å². The van der Waals surface area contributed by atoms with E-state index in [9.17, 15) is 0 Å². The highest BCUT2D eigenvalue weighted by Crippen LogP contribution is 2.33. The molecule has 0 saturated carbocycles. The fourth-order valence-electron chi connectivity index (χ4n) is 7.70. The van der Waals surface area contributed by atoms with Gasteiger partial charge >= 0.3 is 0 Å². The molecule has 0 aliphatic carbocycles. The third kappa shape index (κ3) is 5.13. The van der Waals surface area contributed by atoms with Crippen LogP contribution in [0.3, 0.4) is 0 Å². The van der Waals surface area contributed by atoms with E-state index in [2.05, 4.69) is 162 Å². The van der Waals surface area contributed by atoms with Gasteiger partial charge in [0.2, 0.25) is 0 Å². The van der Waals surface area contributed by atoms with Gasteiger partial charge in [0, 0.05) is 62.2 Å². The number of aromatic nitrogens is 5. The molecule has 5 aromatic heterocycles. The van der Waals surface area contributed by atoms with E-state index >= 15 is 0 Å². The molecule has 6 aromatic carbocycles. The van der Waals surface area contributed by atoms with Crippen molar-refractivity contribution in [3.8, 4) is 44.9 Å². The van der Waals surface area contributed by atoms with Gasteiger partial charge in [-0.2, -0.15) is 0 Å². The van der Waals surface area contributed by atoms with Crippen molar-refractivity contribution < 1.29 is 0 Å². The monoisotopic (exact) mass is 687 g/mol. The molecule has 0 radical (unpaired) electrons. The van der Waals surface area contributed by atoms with Gasteiger partial charge < -0.3 is 0 Å². The summed E-state index contributed by atoms with van der Waals surface area (Å²) in [7, 11) is 0. The number of fused-ring (bicyclic) bond motifs is 7. The van der Waals surface area contributed by atoms with Crippen LogP contribution in [0.2, 0.25) is 0 Å². The minimum absolute atomic E-state index is 0.924. The molecule has 5 nitrogen and oxygen atoms in total. The van der Waals surface area contributed by atoms with Crippen LogP contribution < -0.4 is 0 Å². The van der Waals surface area contributed by atoms with Crippen LogP contribution in [0.25, 0.3) is 110 Å². The van der Waals surface area contributed by atoms with Gasteiger partial charge in [0.25, 0.3) is 0 Å². The molecule has 11 aromatic rings. The number of hydrogen-bond donors (Lipinski definition) is 0. The predicted molar refractivity (Wildman–Crippen MR) is 222 cm³/mol. The topological polar surface area (TPSA) is 64.5 Å². The quantitative estimate of drug-likeness (QED) is 0.172. The lowest BCUT2D eigenvalue weighted by Crippen LogP contribution is -1.90. The molecule has 0 saturated heterocycles. The summed E-state index contributed by atoms with van der Waals surface area (Å²) in [6.07, 6.45) is 5.57. The zero-order chi connectivity index (χ0) is 35.6. The maximum atomic E-state index is 5.17. The Balaban J connectivity index is 0.920. The van der Waals surface area contributed by atoms with E-state index in [4.69, 9.17) is 15.0 Å². The average molecular weight is 688 g/mol. The summed E-state index contributed by atoms with van der Waals surface area (Å²) in [6, 6.07) is 55.5. The first-order valence-electron chi connectivity index (χ1n) is 18.0. The van der Waals surface area contributed by atoms with Crippen LogP contribution in [-0.4, -0.2) is 24.9 Å². The van der Waals surface area contributed by atoms with Gasteiger partial charge in [-0.3, -0.25) is 9.97 Å². The SMILES string of the molecule is c1cc(-c2ccc3ccc(-c4ccc5ccc(-c6ccc7cc(-c8ccc9ccc%10cccnc%10c9n8)ccc7c6)nc5c4)cc3n2)c2ccncc2c1. The highest BCUT2D eigenvalue weighted by molar-refractivity contribution is 6.04. The molecule has 250 valence electrons. The van der Waals surface area contributed by atoms with Crippen molar-refractivity contribution in [2.45, 2.75) is 0 Å². The summed E-state index contributed by atoms with van der Waals surface area (Å²) in [4.78, 5) is 24.3. The molecule has 0 atom stereocenters. The van der Waals surface area contributed by atoms with Crippen LogP contribution >= 0.6 is 0 Å². The lowest BCUT2D eigenvalue weighted by Gasteiger charge is -2.10. The second kappa shape index (κ2) is 12.1. The van der Waals surface area contributed by atoms with E-state index < -0.39 is 0 Å². The number of pyridine rings is 5. The van der Waals surface area contributed by atoms with Gasteiger partial charge in [0.05, 0.1) is 39.1 Å². The molecular formula is C49H29N5. The van der Waals surface area contributed by atoms with Crippen molar-refractivity contribution in [1.29, 1.82) is 0 Å². The summed E-state index contributed by atoms with van der Waals surface area (Å²) >= 11 is 0. The molecule has 0 N–H and O–H groups in total. The highest BCUT2D eigenvalue weighted by atomic mass is 14.8. The van der Waals surface area contributed by atoms with Crippen molar-refractivity contribution in [2.75, 3.05) is 0 Å². The van der Waals surface area contributed by atoms with Gasteiger partial charge in [0.1, 0.15) is 0 Å². The minimum Gasteiger partial charge on any atom is -0.264 e. The summed E-state index contributed by atoms with van der Waals surface area (Å²) in [5.41, 5.74) is 12.1.